The third-order valence-electron chi connectivity index (χ3n) is 4.09. The Morgan fingerprint density at radius 2 is 1.75 bits per heavy atom. The summed E-state index contributed by atoms with van der Waals surface area (Å²) in [5.74, 6) is 0.137. The Morgan fingerprint density at radius 3 is 2.46 bits per heavy atom. The zero-order chi connectivity index (χ0) is 20.3. The first-order valence-electron chi connectivity index (χ1n) is 8.41. The smallest absolute Gasteiger partial charge is 0.262 e. The highest BCUT2D eigenvalue weighted by atomic mass is 35.5. The predicted octanol–water partition coefficient (Wildman–Crippen LogP) is 3.76. The summed E-state index contributed by atoms with van der Waals surface area (Å²) >= 11 is 6.19. The average Bonchev–Trinajstić information content (AvgIpc) is 2.68. The van der Waals surface area contributed by atoms with Gasteiger partial charge in [0.25, 0.3) is 5.91 Å². The van der Waals surface area contributed by atoms with Crippen LogP contribution in [0.1, 0.15) is 0 Å². The second kappa shape index (κ2) is 8.18. The number of nitrogens with one attached hydrogen (secondary N) is 1. The van der Waals surface area contributed by atoms with Crippen LogP contribution in [0.25, 0.3) is 10.8 Å². The summed E-state index contributed by atoms with van der Waals surface area (Å²) in [7, 11) is -0.682. The molecular weight excluding hydrogens is 400 g/mol. The van der Waals surface area contributed by atoms with Gasteiger partial charge in [-0.2, -0.15) is 0 Å². The minimum absolute atomic E-state index is 0.0971. The van der Waals surface area contributed by atoms with Gasteiger partial charge in [0.2, 0.25) is 10.0 Å². The number of halogens is 1. The number of fused-ring (bicyclic) bond motifs is 1. The molecule has 0 spiro atoms. The summed E-state index contributed by atoms with van der Waals surface area (Å²) in [5.41, 5.74) is 0.373. The summed E-state index contributed by atoms with van der Waals surface area (Å²) in [6.45, 7) is -0.226. The van der Waals surface area contributed by atoms with Crippen LogP contribution >= 0.6 is 11.6 Å². The minimum Gasteiger partial charge on any atom is -0.483 e. The molecule has 0 saturated heterocycles. The van der Waals surface area contributed by atoms with Gasteiger partial charge in [-0.25, -0.2) is 12.7 Å². The number of hydrogen-bond donors (Lipinski definition) is 1. The first-order valence-corrected chi connectivity index (χ1v) is 10.2. The second-order valence-corrected chi connectivity index (χ2v) is 8.80. The molecule has 8 heteroatoms. The maximum absolute atomic E-state index is 12.3. The molecule has 0 aliphatic carbocycles. The molecule has 0 saturated carbocycles. The lowest BCUT2D eigenvalue weighted by molar-refractivity contribution is -0.118. The van der Waals surface area contributed by atoms with Crippen molar-refractivity contribution in [1.29, 1.82) is 0 Å². The van der Waals surface area contributed by atoms with Crippen LogP contribution in [0.2, 0.25) is 5.02 Å². The van der Waals surface area contributed by atoms with Crippen LogP contribution in [0.5, 0.6) is 5.75 Å². The summed E-state index contributed by atoms with van der Waals surface area (Å²) in [5, 5.41) is 4.90. The number of nitrogens with zero attached hydrogens (tertiary/aromatic N) is 1. The Kier molecular flexibility index (Phi) is 5.88. The molecule has 0 fully saturated rings. The summed E-state index contributed by atoms with van der Waals surface area (Å²) in [6.07, 6.45) is 0. The standard InChI is InChI=1S/C20H19ClN2O4S/c1-23(2)28(25,26)15-7-5-6-14(12-15)22-20(24)13-27-19-11-10-18(21)16-8-3-4-9-17(16)19/h3-12H,13H2,1-2H3,(H,22,24). The molecule has 6 nitrogen and oxygen atoms in total. The van der Waals surface area contributed by atoms with E-state index in [0.29, 0.717) is 16.5 Å². The number of benzene rings is 3. The lowest BCUT2D eigenvalue weighted by atomic mass is 10.1. The van der Waals surface area contributed by atoms with Crippen molar-refractivity contribution in [2.24, 2.45) is 0 Å². The molecule has 28 heavy (non-hydrogen) atoms. The van der Waals surface area contributed by atoms with E-state index in [2.05, 4.69) is 5.32 Å². The molecule has 146 valence electrons. The molecule has 0 radical (unpaired) electrons. The van der Waals surface area contributed by atoms with E-state index in [-0.39, 0.29) is 11.5 Å². The molecular formula is C20H19ClN2O4S. The molecule has 0 unspecified atom stereocenters. The largest absolute Gasteiger partial charge is 0.483 e. The van der Waals surface area contributed by atoms with Crippen molar-refractivity contribution < 1.29 is 17.9 Å². The number of ether oxygens (including phenoxy) is 1. The molecule has 0 aromatic heterocycles. The number of hydrogen-bond acceptors (Lipinski definition) is 4. The van der Waals surface area contributed by atoms with Crippen LogP contribution in [-0.4, -0.2) is 39.3 Å². The van der Waals surface area contributed by atoms with Crippen LogP contribution in [0, 0.1) is 0 Å². The Labute approximate surface area is 168 Å². The Hall–Kier alpha value is -2.61. The third kappa shape index (κ3) is 4.27. The molecule has 3 aromatic rings. The first-order chi connectivity index (χ1) is 13.3. The van der Waals surface area contributed by atoms with Gasteiger partial charge in [0, 0.05) is 35.6 Å². The maximum Gasteiger partial charge on any atom is 0.262 e. The minimum atomic E-state index is -3.58. The molecule has 1 amide bonds. The van der Waals surface area contributed by atoms with E-state index < -0.39 is 15.9 Å². The van der Waals surface area contributed by atoms with Crippen molar-refractivity contribution in [2.75, 3.05) is 26.0 Å². The number of anilines is 1. The molecule has 0 atom stereocenters. The number of carbonyl (C=O) groups is 1. The number of carbonyl (C=O) groups excluding carboxylic acids is 1. The second-order valence-electron chi connectivity index (χ2n) is 6.24. The number of sulfonamides is 1. The van der Waals surface area contributed by atoms with Gasteiger partial charge >= 0.3 is 0 Å². The molecule has 1 N–H and O–H groups in total. The molecule has 0 heterocycles. The van der Waals surface area contributed by atoms with E-state index >= 15 is 0 Å². The fraction of sp³-hybridized carbons (Fsp3) is 0.150. The monoisotopic (exact) mass is 418 g/mol. The first kappa shape index (κ1) is 20.1. The number of amides is 1. The average molecular weight is 419 g/mol. The van der Waals surface area contributed by atoms with E-state index in [1.165, 1.54) is 26.2 Å². The van der Waals surface area contributed by atoms with Crippen molar-refractivity contribution in [3.8, 4) is 5.75 Å². The van der Waals surface area contributed by atoms with Crippen molar-refractivity contribution in [2.45, 2.75) is 4.90 Å². The SMILES string of the molecule is CN(C)S(=O)(=O)c1cccc(NC(=O)COc2ccc(Cl)c3ccccc23)c1. The summed E-state index contributed by atoms with van der Waals surface area (Å²) in [4.78, 5) is 12.4. The van der Waals surface area contributed by atoms with E-state index in [4.69, 9.17) is 16.3 Å². The normalized spacial score (nSPS) is 11.6. The van der Waals surface area contributed by atoms with Gasteiger partial charge in [-0.15, -0.1) is 0 Å². The van der Waals surface area contributed by atoms with Gasteiger partial charge in [-0.05, 0) is 30.3 Å². The van der Waals surface area contributed by atoms with E-state index in [1.807, 2.05) is 24.3 Å². The van der Waals surface area contributed by atoms with Crippen molar-refractivity contribution in [3.05, 3.63) is 65.7 Å². The van der Waals surface area contributed by atoms with E-state index in [1.54, 1.807) is 24.3 Å². The maximum atomic E-state index is 12.3. The van der Waals surface area contributed by atoms with Crippen molar-refractivity contribution in [1.82, 2.24) is 4.31 Å². The molecule has 0 aliphatic rings. The van der Waals surface area contributed by atoms with Crippen molar-refractivity contribution in [3.63, 3.8) is 0 Å². The van der Waals surface area contributed by atoms with Crippen LogP contribution in [0.3, 0.4) is 0 Å². The Morgan fingerprint density at radius 1 is 1.04 bits per heavy atom. The molecule has 0 aliphatic heterocycles. The molecule has 3 rings (SSSR count). The summed E-state index contributed by atoms with van der Waals surface area (Å²) in [6, 6.07) is 17.0. The topological polar surface area (TPSA) is 75.7 Å². The fourth-order valence-corrected chi connectivity index (χ4v) is 3.82. The van der Waals surface area contributed by atoms with Gasteiger partial charge in [0.05, 0.1) is 4.90 Å². The Bertz CT molecular complexity index is 1130. The van der Waals surface area contributed by atoms with Crippen LogP contribution in [0.15, 0.2) is 65.6 Å². The van der Waals surface area contributed by atoms with E-state index in [9.17, 15) is 13.2 Å². The van der Waals surface area contributed by atoms with Gasteiger partial charge in [0.15, 0.2) is 6.61 Å². The van der Waals surface area contributed by atoms with Crippen molar-refractivity contribution >= 4 is 44.0 Å². The molecule has 0 bridgehead atoms. The predicted molar refractivity (Wildman–Crippen MR) is 110 cm³/mol. The van der Waals surface area contributed by atoms with Gasteiger partial charge in [-0.1, -0.05) is 41.9 Å². The fourth-order valence-electron chi connectivity index (χ4n) is 2.65. The zero-order valence-electron chi connectivity index (χ0n) is 15.3. The highest BCUT2D eigenvalue weighted by Gasteiger charge is 2.17. The zero-order valence-corrected chi connectivity index (χ0v) is 16.9. The van der Waals surface area contributed by atoms with Crippen LogP contribution < -0.4 is 10.1 Å². The number of rotatable bonds is 6. The van der Waals surface area contributed by atoms with Gasteiger partial charge in [0.1, 0.15) is 5.75 Å². The Balaban J connectivity index is 1.72. The highest BCUT2D eigenvalue weighted by molar-refractivity contribution is 7.89. The van der Waals surface area contributed by atoms with Crippen LogP contribution in [-0.2, 0) is 14.8 Å². The van der Waals surface area contributed by atoms with Crippen LogP contribution in [0.4, 0.5) is 5.69 Å². The van der Waals surface area contributed by atoms with Gasteiger partial charge in [-0.3, -0.25) is 4.79 Å². The van der Waals surface area contributed by atoms with Gasteiger partial charge < -0.3 is 10.1 Å². The lowest BCUT2D eigenvalue weighted by Gasteiger charge is -2.13. The lowest BCUT2D eigenvalue weighted by Crippen LogP contribution is -2.23. The molecule has 3 aromatic carbocycles. The summed E-state index contributed by atoms with van der Waals surface area (Å²) < 4.78 is 31.2. The van der Waals surface area contributed by atoms with E-state index in [0.717, 1.165) is 15.1 Å². The third-order valence-corrected chi connectivity index (χ3v) is 6.23. The quantitative estimate of drug-likeness (QED) is 0.661. The highest BCUT2D eigenvalue weighted by Crippen LogP contribution is 2.31.